The molecular weight excluding hydrogens is 451 g/mol. The van der Waals surface area contributed by atoms with Crippen LogP contribution in [0, 0.1) is 0 Å². The molecule has 0 saturated carbocycles. The van der Waals surface area contributed by atoms with Crippen molar-refractivity contribution < 1.29 is 4.74 Å². The van der Waals surface area contributed by atoms with E-state index >= 15 is 0 Å². The highest BCUT2D eigenvalue weighted by atomic mass is 127. The zero-order valence-corrected chi connectivity index (χ0v) is 17.5. The highest BCUT2D eigenvalue weighted by Crippen LogP contribution is 2.14. The fourth-order valence-corrected chi connectivity index (χ4v) is 2.44. The van der Waals surface area contributed by atoms with E-state index in [0.29, 0.717) is 19.0 Å². The standard InChI is InChI=1S/C18H23ClN4O.HI/c1-3-24-17-12-14(8-10-21-17)13-23-18(20-2)22-11-9-15-6-4-5-7-16(15)19;/h4-8,10,12H,3,9,11,13H2,1-2H3,(H2,20,22,23);1H. The summed E-state index contributed by atoms with van der Waals surface area (Å²) in [6.45, 7) is 3.95. The summed E-state index contributed by atoms with van der Waals surface area (Å²) in [4.78, 5) is 8.39. The minimum atomic E-state index is 0. The van der Waals surface area contributed by atoms with Crippen LogP contribution in [0.25, 0.3) is 0 Å². The van der Waals surface area contributed by atoms with Crippen LogP contribution >= 0.6 is 35.6 Å². The second-order valence-electron chi connectivity index (χ2n) is 5.13. The van der Waals surface area contributed by atoms with Crippen molar-refractivity contribution in [1.82, 2.24) is 15.6 Å². The molecule has 1 aromatic carbocycles. The third-order valence-electron chi connectivity index (χ3n) is 3.42. The molecule has 2 rings (SSSR count). The van der Waals surface area contributed by atoms with Crippen molar-refractivity contribution in [3.05, 3.63) is 58.7 Å². The van der Waals surface area contributed by atoms with Crippen LogP contribution in [0.15, 0.2) is 47.6 Å². The molecular formula is C18H24ClIN4O. The molecule has 7 heteroatoms. The van der Waals surface area contributed by atoms with Crippen molar-refractivity contribution in [2.45, 2.75) is 19.9 Å². The second-order valence-corrected chi connectivity index (χ2v) is 5.54. The number of aromatic nitrogens is 1. The molecule has 0 atom stereocenters. The van der Waals surface area contributed by atoms with Gasteiger partial charge in [0.25, 0.3) is 0 Å². The number of aliphatic imine (C=N–C) groups is 1. The van der Waals surface area contributed by atoms with Gasteiger partial charge in [-0.3, -0.25) is 4.99 Å². The van der Waals surface area contributed by atoms with Crippen LogP contribution in [-0.4, -0.2) is 31.1 Å². The zero-order chi connectivity index (χ0) is 17.2. The summed E-state index contributed by atoms with van der Waals surface area (Å²) in [5.41, 5.74) is 2.21. The molecule has 0 aliphatic rings. The first-order chi connectivity index (χ1) is 11.7. The van der Waals surface area contributed by atoms with E-state index in [1.54, 1.807) is 13.2 Å². The predicted molar refractivity (Wildman–Crippen MR) is 114 cm³/mol. The molecule has 0 fully saturated rings. The normalized spacial score (nSPS) is 10.8. The molecule has 0 saturated heterocycles. The number of nitrogens with one attached hydrogen (secondary N) is 2. The molecule has 2 N–H and O–H groups in total. The Kier molecular flexibility index (Phi) is 10.3. The van der Waals surface area contributed by atoms with Gasteiger partial charge < -0.3 is 15.4 Å². The summed E-state index contributed by atoms with van der Waals surface area (Å²) in [5, 5.41) is 7.36. The lowest BCUT2D eigenvalue weighted by atomic mass is 10.1. The van der Waals surface area contributed by atoms with Gasteiger partial charge in [-0.1, -0.05) is 29.8 Å². The fraction of sp³-hybridized carbons (Fsp3) is 0.333. The van der Waals surface area contributed by atoms with Gasteiger partial charge in [0.2, 0.25) is 5.88 Å². The predicted octanol–water partition coefficient (Wildman–Crippen LogP) is 3.66. The number of guanidine groups is 1. The number of rotatable bonds is 7. The van der Waals surface area contributed by atoms with E-state index in [0.717, 1.165) is 35.1 Å². The van der Waals surface area contributed by atoms with E-state index in [4.69, 9.17) is 16.3 Å². The fourth-order valence-electron chi connectivity index (χ4n) is 2.21. The van der Waals surface area contributed by atoms with Crippen LogP contribution < -0.4 is 15.4 Å². The first-order valence-corrected chi connectivity index (χ1v) is 8.36. The van der Waals surface area contributed by atoms with Gasteiger partial charge in [-0.2, -0.15) is 0 Å². The molecule has 1 aromatic heterocycles. The molecule has 25 heavy (non-hydrogen) atoms. The van der Waals surface area contributed by atoms with Crippen LogP contribution in [0.4, 0.5) is 0 Å². The minimum absolute atomic E-state index is 0. The van der Waals surface area contributed by atoms with Crippen molar-refractivity contribution in [1.29, 1.82) is 0 Å². The quantitative estimate of drug-likeness (QED) is 0.365. The number of pyridine rings is 1. The molecule has 1 heterocycles. The summed E-state index contributed by atoms with van der Waals surface area (Å²) in [7, 11) is 1.75. The number of nitrogens with zero attached hydrogens (tertiary/aromatic N) is 2. The minimum Gasteiger partial charge on any atom is -0.478 e. The Hall–Kier alpha value is -1.54. The van der Waals surface area contributed by atoms with E-state index in [-0.39, 0.29) is 24.0 Å². The summed E-state index contributed by atoms with van der Waals surface area (Å²) in [5.74, 6) is 1.38. The van der Waals surface area contributed by atoms with Gasteiger partial charge in [-0.15, -0.1) is 24.0 Å². The largest absolute Gasteiger partial charge is 0.478 e. The van der Waals surface area contributed by atoms with E-state index in [1.807, 2.05) is 43.3 Å². The smallest absolute Gasteiger partial charge is 0.213 e. The maximum Gasteiger partial charge on any atom is 0.213 e. The van der Waals surface area contributed by atoms with Crippen LogP contribution in [0.3, 0.4) is 0 Å². The van der Waals surface area contributed by atoms with Gasteiger partial charge >= 0.3 is 0 Å². The van der Waals surface area contributed by atoms with E-state index in [9.17, 15) is 0 Å². The summed E-state index contributed by atoms with van der Waals surface area (Å²) in [6, 6.07) is 11.7. The van der Waals surface area contributed by atoms with Crippen molar-refractivity contribution in [2.24, 2.45) is 4.99 Å². The van der Waals surface area contributed by atoms with Gasteiger partial charge in [0.05, 0.1) is 6.61 Å². The lowest BCUT2D eigenvalue weighted by Crippen LogP contribution is -2.37. The molecule has 0 radical (unpaired) electrons. The summed E-state index contributed by atoms with van der Waals surface area (Å²) < 4.78 is 5.41. The molecule has 0 bridgehead atoms. The average molecular weight is 475 g/mol. The average Bonchev–Trinajstić information content (AvgIpc) is 2.60. The summed E-state index contributed by atoms with van der Waals surface area (Å²) in [6.07, 6.45) is 2.58. The first-order valence-electron chi connectivity index (χ1n) is 7.98. The number of hydrogen-bond donors (Lipinski definition) is 2. The van der Waals surface area contributed by atoms with E-state index < -0.39 is 0 Å². The third-order valence-corrected chi connectivity index (χ3v) is 3.79. The van der Waals surface area contributed by atoms with Gasteiger partial charge in [-0.25, -0.2) is 4.98 Å². The number of halogens is 2. The SMILES string of the molecule is CCOc1cc(CNC(=NC)NCCc2ccccc2Cl)ccn1.I. The monoisotopic (exact) mass is 474 g/mol. The highest BCUT2D eigenvalue weighted by Gasteiger charge is 2.02. The Morgan fingerprint density at radius 1 is 1.24 bits per heavy atom. The number of hydrogen-bond acceptors (Lipinski definition) is 3. The third kappa shape index (κ3) is 7.48. The number of benzene rings is 1. The number of ether oxygens (including phenoxy) is 1. The second kappa shape index (κ2) is 11.9. The highest BCUT2D eigenvalue weighted by molar-refractivity contribution is 14.0. The lowest BCUT2D eigenvalue weighted by molar-refractivity contribution is 0.326. The Labute approximate surface area is 171 Å². The Morgan fingerprint density at radius 2 is 2.04 bits per heavy atom. The molecule has 0 aliphatic heterocycles. The summed E-state index contributed by atoms with van der Waals surface area (Å²) >= 11 is 6.16. The molecule has 0 unspecified atom stereocenters. The van der Waals surface area contributed by atoms with Crippen LogP contribution in [0.5, 0.6) is 5.88 Å². The Morgan fingerprint density at radius 3 is 2.76 bits per heavy atom. The van der Waals surface area contributed by atoms with Crippen molar-refractivity contribution in [3.63, 3.8) is 0 Å². The first kappa shape index (κ1) is 21.5. The van der Waals surface area contributed by atoms with Crippen molar-refractivity contribution in [3.8, 4) is 5.88 Å². The van der Waals surface area contributed by atoms with Gasteiger partial charge in [0, 0.05) is 37.4 Å². The van der Waals surface area contributed by atoms with E-state index in [2.05, 4.69) is 20.6 Å². The van der Waals surface area contributed by atoms with Crippen molar-refractivity contribution >= 4 is 41.5 Å². The Balaban J connectivity index is 0.00000312. The molecule has 136 valence electrons. The maximum atomic E-state index is 6.16. The van der Waals surface area contributed by atoms with Gasteiger partial charge in [-0.05, 0) is 36.6 Å². The van der Waals surface area contributed by atoms with Crippen LogP contribution in [0.2, 0.25) is 5.02 Å². The van der Waals surface area contributed by atoms with E-state index in [1.165, 1.54) is 0 Å². The Bertz CT molecular complexity index is 682. The van der Waals surface area contributed by atoms with Gasteiger partial charge in [0.1, 0.15) is 0 Å². The van der Waals surface area contributed by atoms with Crippen LogP contribution in [-0.2, 0) is 13.0 Å². The molecule has 2 aromatic rings. The topological polar surface area (TPSA) is 58.5 Å². The molecule has 0 aliphatic carbocycles. The molecule has 5 nitrogen and oxygen atoms in total. The molecule has 0 spiro atoms. The van der Waals surface area contributed by atoms with Crippen molar-refractivity contribution in [2.75, 3.05) is 20.2 Å². The lowest BCUT2D eigenvalue weighted by Gasteiger charge is -2.13. The van der Waals surface area contributed by atoms with Gasteiger partial charge in [0.15, 0.2) is 5.96 Å². The van der Waals surface area contributed by atoms with Crippen LogP contribution in [0.1, 0.15) is 18.1 Å². The molecule has 0 amide bonds. The maximum absolute atomic E-state index is 6.16. The zero-order valence-electron chi connectivity index (χ0n) is 14.5.